The maximum absolute atomic E-state index is 11.9. The molecule has 4 N–H and O–H groups in total. The van der Waals surface area contributed by atoms with Gasteiger partial charge in [0.25, 0.3) is 5.56 Å². The van der Waals surface area contributed by atoms with Crippen LogP contribution in [0.3, 0.4) is 0 Å². The van der Waals surface area contributed by atoms with Crippen molar-refractivity contribution in [2.45, 2.75) is 31.0 Å². The first kappa shape index (κ1) is 16.0. The standard InChI is InChI=1S/C16H15N5O6/c1-16-11(26-15(24)27-16)8(4-22)25-14(16)21-3-6-7(17)2-9(23)20-12-10(6)13(21)19-5-18-12/h2-3,5,8,11,14,22H,4,17H2,1H3,(H,18,19,20,23)/t8-,11-,14-,16+/m1/s1. The van der Waals surface area contributed by atoms with Crippen LogP contribution in [0.15, 0.2) is 22.1 Å². The van der Waals surface area contributed by atoms with E-state index in [0.29, 0.717) is 22.4 Å². The number of nitrogens with two attached hydrogens (primary N) is 1. The number of fused-ring (bicyclic) bond motifs is 1. The zero-order chi connectivity index (χ0) is 18.9. The second kappa shape index (κ2) is 5.18. The molecule has 2 fully saturated rings. The molecule has 2 aromatic heterocycles. The van der Waals surface area contributed by atoms with Crippen LogP contribution in [0.5, 0.6) is 0 Å². The predicted molar refractivity (Wildman–Crippen MR) is 92.9 cm³/mol. The molecule has 140 valence electrons. The molecule has 27 heavy (non-hydrogen) atoms. The maximum atomic E-state index is 11.9. The highest BCUT2D eigenvalue weighted by atomic mass is 16.8. The molecule has 0 saturated carbocycles. The van der Waals surface area contributed by atoms with Gasteiger partial charge in [-0.2, -0.15) is 4.98 Å². The van der Waals surface area contributed by atoms with Crippen LogP contribution < -0.4 is 16.6 Å². The van der Waals surface area contributed by atoms with Crippen molar-refractivity contribution in [3.05, 3.63) is 22.6 Å². The van der Waals surface area contributed by atoms with Gasteiger partial charge in [0.05, 0.1) is 18.3 Å². The third-order valence-electron chi connectivity index (χ3n) is 5.10. The van der Waals surface area contributed by atoms with Crippen LogP contribution in [0.1, 0.15) is 13.2 Å². The first-order chi connectivity index (χ1) is 12.9. The second-order valence-corrected chi connectivity index (χ2v) is 6.73. The topological polar surface area (TPSA) is 150 Å². The Morgan fingerprint density at radius 2 is 2.26 bits per heavy atom. The van der Waals surface area contributed by atoms with Crippen LogP contribution in [0, 0.1) is 0 Å². The molecule has 11 heteroatoms. The van der Waals surface area contributed by atoms with Gasteiger partial charge in [0.2, 0.25) is 0 Å². The van der Waals surface area contributed by atoms with Gasteiger partial charge in [-0.25, -0.2) is 9.79 Å². The summed E-state index contributed by atoms with van der Waals surface area (Å²) in [6, 6.07) is 1.22. The number of hydrogen-bond acceptors (Lipinski definition) is 10. The number of nitrogens with one attached hydrogen (secondary N) is 1. The summed E-state index contributed by atoms with van der Waals surface area (Å²) in [5.74, 6) is 0.744. The molecular formula is C16H15N5O6. The molecule has 0 spiro atoms. The van der Waals surface area contributed by atoms with E-state index in [9.17, 15) is 14.7 Å². The molecule has 0 unspecified atom stereocenters. The van der Waals surface area contributed by atoms with Crippen LogP contribution in [0.2, 0.25) is 0 Å². The van der Waals surface area contributed by atoms with Gasteiger partial charge in [-0.1, -0.05) is 0 Å². The highest BCUT2D eigenvalue weighted by Crippen LogP contribution is 2.50. The van der Waals surface area contributed by atoms with Gasteiger partial charge < -0.3 is 34.9 Å². The quantitative estimate of drug-likeness (QED) is 0.629. The van der Waals surface area contributed by atoms with E-state index in [1.165, 1.54) is 12.4 Å². The molecular weight excluding hydrogens is 358 g/mol. The Hall–Kier alpha value is -3.18. The van der Waals surface area contributed by atoms with Gasteiger partial charge in [-0.3, -0.25) is 4.79 Å². The van der Waals surface area contributed by atoms with Gasteiger partial charge in [0.1, 0.15) is 17.7 Å². The summed E-state index contributed by atoms with van der Waals surface area (Å²) in [4.78, 5) is 31.9. The molecule has 2 aromatic rings. The smallest absolute Gasteiger partial charge is 0.424 e. The zero-order valence-corrected chi connectivity index (χ0v) is 14.1. The Bertz CT molecular complexity index is 1080. The number of nitrogen functional groups attached to an aromatic ring is 1. The number of hydrogen-bond donors (Lipinski definition) is 3. The Labute approximate surface area is 151 Å². The Kier molecular flexibility index (Phi) is 3.07. The number of carbonyl (C=O) groups excluding carboxylic acids is 1. The summed E-state index contributed by atoms with van der Waals surface area (Å²) in [5.41, 5.74) is 4.62. The van der Waals surface area contributed by atoms with Crippen molar-refractivity contribution in [3.8, 4) is 0 Å². The molecule has 5 heterocycles. The van der Waals surface area contributed by atoms with Gasteiger partial charge in [-0.05, 0) is 6.92 Å². The van der Waals surface area contributed by atoms with Crippen LogP contribution in [-0.4, -0.2) is 51.6 Å². The summed E-state index contributed by atoms with van der Waals surface area (Å²) in [6.07, 6.45) is -0.126. The fourth-order valence-electron chi connectivity index (χ4n) is 3.92. The highest BCUT2D eigenvalue weighted by molar-refractivity contribution is 6.10. The number of nitrogens with zero attached hydrogens (tertiary/aromatic N) is 3. The molecule has 0 radical (unpaired) electrons. The van der Waals surface area contributed by atoms with Crippen LogP contribution in [0.4, 0.5) is 22.1 Å². The zero-order valence-electron chi connectivity index (χ0n) is 14.1. The lowest BCUT2D eigenvalue weighted by atomic mass is 9.96. The lowest BCUT2D eigenvalue weighted by Gasteiger charge is -2.27. The molecule has 3 aliphatic rings. The average molecular weight is 373 g/mol. The van der Waals surface area contributed by atoms with Gasteiger partial charge in [0, 0.05) is 23.3 Å². The van der Waals surface area contributed by atoms with Crippen molar-refractivity contribution < 1.29 is 24.1 Å². The lowest BCUT2D eigenvalue weighted by molar-refractivity contribution is -0.0912. The largest absolute Gasteiger partial charge is 0.509 e. The molecule has 0 bridgehead atoms. The number of aliphatic hydroxyl groups excluding tert-OH is 1. The third-order valence-corrected chi connectivity index (χ3v) is 5.10. The number of ether oxygens (including phenoxy) is 3. The maximum Gasteiger partial charge on any atom is 0.509 e. The van der Waals surface area contributed by atoms with E-state index in [2.05, 4.69) is 15.3 Å². The number of aliphatic imine (C=N–C) groups is 1. The number of carbonyl (C=O) groups is 1. The SMILES string of the molecule is C[C@]12OC(=O)O[C@@H]1[C@@H](CO)O[C@H]2n1cc2c(N)cc(=O)nc3c2c1N=CN3. The summed E-state index contributed by atoms with van der Waals surface area (Å²) in [5, 5.41) is 13.5. The van der Waals surface area contributed by atoms with E-state index in [-0.39, 0.29) is 12.3 Å². The third kappa shape index (κ3) is 2.03. The number of aromatic nitrogens is 2. The van der Waals surface area contributed by atoms with E-state index in [1.54, 1.807) is 17.7 Å². The minimum absolute atomic E-state index is 0.228. The van der Waals surface area contributed by atoms with Crippen LogP contribution in [0.25, 0.3) is 10.8 Å². The van der Waals surface area contributed by atoms with Crippen molar-refractivity contribution in [2.24, 2.45) is 4.99 Å². The fourth-order valence-corrected chi connectivity index (χ4v) is 3.92. The Morgan fingerprint density at radius 1 is 1.44 bits per heavy atom. The monoisotopic (exact) mass is 373 g/mol. The average Bonchev–Trinajstić information content (AvgIpc) is 3.19. The van der Waals surface area contributed by atoms with Crippen molar-refractivity contribution in [1.29, 1.82) is 0 Å². The van der Waals surface area contributed by atoms with E-state index in [1.807, 2.05) is 0 Å². The van der Waals surface area contributed by atoms with E-state index in [0.717, 1.165) is 0 Å². The number of anilines is 2. The lowest BCUT2D eigenvalue weighted by Crippen LogP contribution is -2.41. The van der Waals surface area contributed by atoms with E-state index < -0.39 is 35.8 Å². The van der Waals surface area contributed by atoms with Crippen molar-refractivity contribution in [3.63, 3.8) is 0 Å². The Balaban J connectivity index is 1.76. The molecule has 2 saturated heterocycles. The first-order valence-electron chi connectivity index (χ1n) is 8.23. The van der Waals surface area contributed by atoms with Crippen molar-refractivity contribution in [2.75, 3.05) is 17.7 Å². The normalized spacial score (nSPS) is 30.7. The van der Waals surface area contributed by atoms with Crippen molar-refractivity contribution >= 4 is 40.6 Å². The molecule has 0 aromatic carbocycles. The van der Waals surface area contributed by atoms with Gasteiger partial charge in [-0.15, -0.1) is 0 Å². The summed E-state index contributed by atoms with van der Waals surface area (Å²) >= 11 is 0. The number of aliphatic hydroxyl groups is 1. The Morgan fingerprint density at radius 3 is 3.04 bits per heavy atom. The van der Waals surface area contributed by atoms with Gasteiger partial charge in [0.15, 0.2) is 17.9 Å². The molecule has 3 aliphatic heterocycles. The molecule has 4 atom stereocenters. The first-order valence-corrected chi connectivity index (χ1v) is 8.23. The summed E-state index contributed by atoms with van der Waals surface area (Å²) in [7, 11) is 0. The number of rotatable bonds is 2. The van der Waals surface area contributed by atoms with E-state index >= 15 is 0 Å². The van der Waals surface area contributed by atoms with Crippen LogP contribution >= 0.6 is 0 Å². The summed E-state index contributed by atoms with van der Waals surface area (Å²) in [6.45, 7) is 1.32. The minimum atomic E-state index is -1.18. The fraction of sp³-hybridized carbons (Fsp3) is 0.375. The predicted octanol–water partition coefficient (Wildman–Crippen LogP) is 0.248. The van der Waals surface area contributed by atoms with E-state index in [4.69, 9.17) is 19.9 Å². The summed E-state index contributed by atoms with van der Waals surface area (Å²) < 4.78 is 18.2. The molecule has 0 amide bonds. The molecule has 0 aliphatic carbocycles. The second-order valence-electron chi connectivity index (χ2n) is 6.73. The minimum Gasteiger partial charge on any atom is -0.424 e. The van der Waals surface area contributed by atoms with Gasteiger partial charge >= 0.3 is 6.16 Å². The van der Waals surface area contributed by atoms with Crippen molar-refractivity contribution in [1.82, 2.24) is 9.55 Å². The molecule has 5 rings (SSSR count). The molecule has 11 nitrogen and oxygen atoms in total. The van der Waals surface area contributed by atoms with Crippen LogP contribution in [-0.2, 0) is 14.2 Å². The highest BCUT2D eigenvalue weighted by Gasteiger charge is 2.64.